The average molecular weight is 326 g/mol. The van der Waals surface area contributed by atoms with Gasteiger partial charge in [0.05, 0.1) is 24.5 Å². The number of nitrogens with one attached hydrogen (secondary N) is 1. The van der Waals surface area contributed by atoms with Crippen LogP contribution in [0.4, 0.5) is 11.6 Å². The molecule has 0 radical (unpaired) electrons. The highest BCUT2D eigenvalue weighted by atomic mass is 16.7. The highest BCUT2D eigenvalue weighted by Crippen LogP contribution is 2.32. The molecule has 0 bridgehead atoms. The van der Waals surface area contributed by atoms with Crippen LogP contribution < -0.4 is 19.7 Å². The molecule has 0 atom stereocenters. The van der Waals surface area contributed by atoms with Crippen LogP contribution in [0.25, 0.3) is 0 Å². The van der Waals surface area contributed by atoms with Crippen molar-refractivity contribution in [2.45, 2.75) is 19.3 Å². The number of carbonyl (C=O) groups excluding carboxylic acids is 1. The van der Waals surface area contributed by atoms with Crippen molar-refractivity contribution in [2.24, 2.45) is 0 Å². The quantitative estimate of drug-likeness (QED) is 0.926. The number of hydrogen-bond acceptors (Lipinski definition) is 6. The Hall–Kier alpha value is -2.83. The molecule has 1 fully saturated rings. The van der Waals surface area contributed by atoms with Crippen molar-refractivity contribution in [3.8, 4) is 11.5 Å². The first-order valence-corrected chi connectivity index (χ1v) is 8.03. The molecule has 2 aromatic rings. The Morgan fingerprint density at radius 3 is 2.67 bits per heavy atom. The van der Waals surface area contributed by atoms with Gasteiger partial charge in [0.15, 0.2) is 11.5 Å². The Balaban J connectivity index is 1.37. The fraction of sp³-hybridized carbons (Fsp3) is 0.353. The molecular weight excluding hydrogens is 308 g/mol. The lowest BCUT2D eigenvalue weighted by Gasteiger charge is -2.14. The number of hydrogen-bond donors (Lipinski definition) is 1. The third-order valence-electron chi connectivity index (χ3n) is 4.11. The van der Waals surface area contributed by atoms with Crippen LogP contribution in [0, 0.1) is 0 Å². The van der Waals surface area contributed by atoms with Crippen LogP contribution in [0.2, 0.25) is 0 Å². The summed E-state index contributed by atoms with van der Waals surface area (Å²) in [4.78, 5) is 23.0. The zero-order valence-electron chi connectivity index (χ0n) is 13.2. The van der Waals surface area contributed by atoms with Gasteiger partial charge in [-0.1, -0.05) is 6.07 Å². The molecule has 1 N–H and O–H groups in total. The Kier molecular flexibility index (Phi) is 3.90. The molecule has 1 amide bonds. The SMILES string of the molecule is O=C(Cc1ccc2c(c1)OCO2)Nc1cnc(N2CCCC2)nc1. The Morgan fingerprint density at radius 1 is 1.12 bits per heavy atom. The van der Waals surface area contributed by atoms with E-state index < -0.39 is 0 Å². The molecule has 3 heterocycles. The number of aromatic nitrogens is 2. The molecule has 0 saturated carbocycles. The molecule has 2 aliphatic rings. The Morgan fingerprint density at radius 2 is 1.88 bits per heavy atom. The van der Waals surface area contributed by atoms with Gasteiger partial charge in [-0.3, -0.25) is 4.79 Å². The van der Waals surface area contributed by atoms with E-state index in [2.05, 4.69) is 20.2 Å². The van der Waals surface area contributed by atoms with Crippen LogP contribution >= 0.6 is 0 Å². The van der Waals surface area contributed by atoms with E-state index in [1.54, 1.807) is 12.4 Å². The summed E-state index contributed by atoms with van der Waals surface area (Å²) in [6, 6.07) is 5.51. The third kappa shape index (κ3) is 3.10. The lowest BCUT2D eigenvalue weighted by molar-refractivity contribution is -0.115. The van der Waals surface area contributed by atoms with Gasteiger partial charge in [0.2, 0.25) is 18.6 Å². The van der Waals surface area contributed by atoms with E-state index in [0.717, 1.165) is 24.6 Å². The fourth-order valence-electron chi connectivity index (χ4n) is 2.91. The minimum Gasteiger partial charge on any atom is -0.454 e. The maximum Gasteiger partial charge on any atom is 0.231 e. The summed E-state index contributed by atoms with van der Waals surface area (Å²) in [5, 5.41) is 2.82. The van der Waals surface area contributed by atoms with E-state index in [-0.39, 0.29) is 19.1 Å². The van der Waals surface area contributed by atoms with Gasteiger partial charge >= 0.3 is 0 Å². The van der Waals surface area contributed by atoms with Crippen molar-refractivity contribution in [1.29, 1.82) is 0 Å². The van der Waals surface area contributed by atoms with Crippen molar-refractivity contribution in [3.05, 3.63) is 36.2 Å². The van der Waals surface area contributed by atoms with Crippen molar-refractivity contribution in [2.75, 3.05) is 30.1 Å². The van der Waals surface area contributed by atoms with E-state index in [1.807, 2.05) is 18.2 Å². The molecule has 2 aliphatic heterocycles. The van der Waals surface area contributed by atoms with Crippen LogP contribution in [0.3, 0.4) is 0 Å². The molecule has 0 spiro atoms. The summed E-state index contributed by atoms with van der Waals surface area (Å²) in [6.07, 6.45) is 5.91. The van der Waals surface area contributed by atoms with Gasteiger partial charge in [0.25, 0.3) is 0 Å². The summed E-state index contributed by atoms with van der Waals surface area (Å²) < 4.78 is 10.6. The normalized spacial score (nSPS) is 15.6. The van der Waals surface area contributed by atoms with Crippen molar-refractivity contribution < 1.29 is 14.3 Å². The number of amides is 1. The van der Waals surface area contributed by atoms with Gasteiger partial charge in [0, 0.05) is 13.1 Å². The Bertz CT molecular complexity index is 742. The van der Waals surface area contributed by atoms with Gasteiger partial charge in [0.1, 0.15) is 0 Å². The zero-order chi connectivity index (χ0) is 16.4. The summed E-state index contributed by atoms with van der Waals surface area (Å²) in [7, 11) is 0. The molecule has 7 heteroatoms. The zero-order valence-corrected chi connectivity index (χ0v) is 13.2. The molecule has 4 rings (SSSR count). The van der Waals surface area contributed by atoms with Gasteiger partial charge in [-0.15, -0.1) is 0 Å². The van der Waals surface area contributed by atoms with Crippen LogP contribution in [-0.2, 0) is 11.2 Å². The van der Waals surface area contributed by atoms with E-state index in [4.69, 9.17) is 9.47 Å². The van der Waals surface area contributed by atoms with Crippen LogP contribution in [0.1, 0.15) is 18.4 Å². The molecular formula is C17H18N4O3. The number of ether oxygens (including phenoxy) is 2. The minimum absolute atomic E-state index is 0.119. The largest absolute Gasteiger partial charge is 0.454 e. The highest BCUT2D eigenvalue weighted by molar-refractivity contribution is 5.92. The van der Waals surface area contributed by atoms with Crippen LogP contribution in [-0.4, -0.2) is 35.8 Å². The standard InChI is InChI=1S/C17H18N4O3/c22-16(8-12-3-4-14-15(7-12)24-11-23-14)20-13-9-18-17(19-10-13)21-5-1-2-6-21/h3-4,7,9-10H,1-2,5-6,8,11H2,(H,20,22). The third-order valence-corrected chi connectivity index (χ3v) is 4.11. The summed E-state index contributed by atoms with van der Waals surface area (Å²) in [5.74, 6) is 2.00. The lowest BCUT2D eigenvalue weighted by atomic mass is 10.1. The van der Waals surface area contributed by atoms with E-state index >= 15 is 0 Å². The Labute approximate surface area is 139 Å². The number of nitrogens with zero attached hydrogens (tertiary/aromatic N) is 3. The van der Waals surface area contributed by atoms with E-state index in [9.17, 15) is 4.79 Å². The van der Waals surface area contributed by atoms with Gasteiger partial charge in [-0.2, -0.15) is 0 Å². The fourth-order valence-corrected chi connectivity index (χ4v) is 2.91. The predicted octanol–water partition coefficient (Wildman–Crippen LogP) is 1.99. The first-order valence-electron chi connectivity index (χ1n) is 8.03. The second-order valence-electron chi connectivity index (χ2n) is 5.88. The number of fused-ring (bicyclic) bond motifs is 1. The second kappa shape index (κ2) is 6.35. The minimum atomic E-state index is -0.119. The summed E-state index contributed by atoms with van der Waals surface area (Å²) in [6.45, 7) is 2.22. The first kappa shape index (κ1) is 14.7. The predicted molar refractivity (Wildman–Crippen MR) is 88.4 cm³/mol. The van der Waals surface area contributed by atoms with Crippen LogP contribution in [0.5, 0.6) is 11.5 Å². The lowest BCUT2D eigenvalue weighted by Crippen LogP contribution is -2.21. The van der Waals surface area contributed by atoms with Crippen molar-refractivity contribution in [1.82, 2.24) is 9.97 Å². The maximum absolute atomic E-state index is 12.2. The number of carbonyl (C=O) groups is 1. The number of anilines is 2. The average Bonchev–Trinajstić information content (AvgIpc) is 3.26. The summed E-state index contributed by atoms with van der Waals surface area (Å²) in [5.41, 5.74) is 1.47. The molecule has 0 aliphatic carbocycles. The van der Waals surface area contributed by atoms with Gasteiger partial charge < -0.3 is 19.7 Å². The topological polar surface area (TPSA) is 76.6 Å². The maximum atomic E-state index is 12.2. The van der Waals surface area contributed by atoms with Gasteiger partial charge in [-0.25, -0.2) is 9.97 Å². The van der Waals surface area contributed by atoms with Crippen LogP contribution in [0.15, 0.2) is 30.6 Å². The molecule has 7 nitrogen and oxygen atoms in total. The molecule has 1 saturated heterocycles. The molecule has 24 heavy (non-hydrogen) atoms. The van der Waals surface area contributed by atoms with Crippen molar-refractivity contribution >= 4 is 17.5 Å². The molecule has 1 aromatic heterocycles. The number of rotatable bonds is 4. The number of benzene rings is 1. The summed E-state index contributed by atoms with van der Waals surface area (Å²) >= 11 is 0. The van der Waals surface area contributed by atoms with E-state index in [1.165, 1.54) is 12.8 Å². The monoisotopic (exact) mass is 326 g/mol. The highest BCUT2D eigenvalue weighted by Gasteiger charge is 2.16. The first-order chi connectivity index (χ1) is 11.8. The molecule has 0 unspecified atom stereocenters. The molecule has 1 aromatic carbocycles. The van der Waals surface area contributed by atoms with E-state index in [0.29, 0.717) is 17.2 Å². The second-order valence-corrected chi connectivity index (χ2v) is 5.88. The van der Waals surface area contributed by atoms with Gasteiger partial charge in [-0.05, 0) is 30.5 Å². The smallest absolute Gasteiger partial charge is 0.231 e. The molecule has 124 valence electrons. The van der Waals surface area contributed by atoms with Crippen molar-refractivity contribution in [3.63, 3.8) is 0 Å².